The summed E-state index contributed by atoms with van der Waals surface area (Å²) >= 11 is 0. The van der Waals surface area contributed by atoms with Gasteiger partial charge in [-0.1, -0.05) is 42.4 Å². The van der Waals surface area contributed by atoms with E-state index in [1.807, 2.05) is 42.2 Å². The number of aryl methyl sites for hydroxylation is 1. The lowest BCUT2D eigenvalue weighted by Crippen LogP contribution is -2.47. The van der Waals surface area contributed by atoms with Crippen LogP contribution in [-0.2, 0) is 22.4 Å². The molecule has 55 heavy (non-hydrogen) atoms. The van der Waals surface area contributed by atoms with Crippen LogP contribution in [0.15, 0.2) is 47.2 Å². The van der Waals surface area contributed by atoms with Gasteiger partial charge in [0.15, 0.2) is 29.0 Å². The Morgan fingerprint density at radius 1 is 1.09 bits per heavy atom. The number of aliphatic carboxylic acids is 1. The normalized spacial score (nSPS) is 24.4. The third-order valence-electron chi connectivity index (χ3n) is 9.47. The van der Waals surface area contributed by atoms with E-state index in [9.17, 15) is 33.3 Å². The van der Waals surface area contributed by atoms with Crippen molar-refractivity contribution in [3.63, 3.8) is 0 Å². The number of aromatic nitrogens is 5. The van der Waals surface area contributed by atoms with Gasteiger partial charge in [-0.25, -0.2) is 14.6 Å². The van der Waals surface area contributed by atoms with E-state index in [2.05, 4.69) is 31.4 Å². The van der Waals surface area contributed by atoms with Gasteiger partial charge in [-0.3, -0.25) is 4.57 Å². The molecule has 298 valence electrons. The smallest absolute Gasteiger partial charge is 0.475 e. The second kappa shape index (κ2) is 17.1. The predicted molar refractivity (Wildman–Crippen MR) is 188 cm³/mol. The summed E-state index contributed by atoms with van der Waals surface area (Å²) in [6.45, 7) is 4.51. The van der Waals surface area contributed by atoms with Crippen LogP contribution >= 0.6 is 0 Å². The number of imidazole rings is 1. The zero-order valence-electron chi connectivity index (χ0n) is 29.7. The minimum atomic E-state index is -5.08. The van der Waals surface area contributed by atoms with Crippen molar-refractivity contribution in [1.29, 1.82) is 0 Å². The quantitative estimate of drug-likeness (QED) is 0.107. The number of rotatable bonds is 11. The summed E-state index contributed by atoms with van der Waals surface area (Å²) in [7, 11) is 0. The van der Waals surface area contributed by atoms with Crippen molar-refractivity contribution in [2.75, 3.05) is 43.0 Å². The molecule has 0 radical (unpaired) electrons. The Labute approximate surface area is 312 Å². The van der Waals surface area contributed by atoms with E-state index in [4.69, 9.17) is 29.1 Å². The lowest BCUT2D eigenvalue weighted by molar-refractivity contribution is -0.192. The largest absolute Gasteiger partial charge is 0.490 e. The van der Waals surface area contributed by atoms with Crippen LogP contribution in [0.5, 0.6) is 0 Å². The number of alkyl halides is 3. The maximum absolute atomic E-state index is 12.7. The number of aliphatic hydroxyl groups excluding tert-OH is 3. The highest BCUT2D eigenvalue weighted by atomic mass is 19.4. The van der Waals surface area contributed by atoms with Gasteiger partial charge >= 0.3 is 18.2 Å². The summed E-state index contributed by atoms with van der Waals surface area (Å²) in [5.74, 6) is -1.65. The number of ether oxygens (including phenoxy) is 1. The van der Waals surface area contributed by atoms with E-state index in [1.165, 1.54) is 6.33 Å². The van der Waals surface area contributed by atoms with Crippen molar-refractivity contribution >= 4 is 34.9 Å². The zero-order valence-corrected chi connectivity index (χ0v) is 29.7. The Morgan fingerprint density at radius 3 is 2.49 bits per heavy atom. The van der Waals surface area contributed by atoms with Gasteiger partial charge < -0.3 is 55.9 Å². The molecule has 21 heteroatoms. The number of hydrogen-bond acceptors (Lipinski definition) is 14. The third kappa shape index (κ3) is 9.42. The predicted octanol–water partition coefficient (Wildman–Crippen LogP) is 1.26. The van der Waals surface area contributed by atoms with E-state index < -0.39 is 36.7 Å². The first-order valence-corrected chi connectivity index (χ1v) is 17.8. The number of urea groups is 1. The molecule has 6 heterocycles. The second-order valence-electron chi connectivity index (χ2n) is 13.5. The fourth-order valence-electron chi connectivity index (χ4n) is 6.59. The highest BCUT2D eigenvalue weighted by molar-refractivity contribution is 5.85. The van der Waals surface area contributed by atoms with Crippen molar-refractivity contribution in [2.24, 2.45) is 0 Å². The molecule has 0 aliphatic carbocycles. The van der Waals surface area contributed by atoms with Gasteiger partial charge in [-0.15, -0.1) is 0 Å². The molecule has 0 spiro atoms. The standard InChI is InChI=1S/C32H42N10O6.C2HF3O2/c1-2-19-13-23(48-40-19)27-25(44)26(45)30(47-27)42-17-34-24-28(35-22(16-43)12-18-6-4-3-5-7-18)38-31(39-29(24)42)41-11-9-21(15-41)37-32(46)36-20-8-10-33-14-20;3-2(4,5)1(6)7/h3-7,13,17,20-22,25-27,30,33,43-45H,2,8-12,14-16H2,1H3,(H,35,38,39)(H2,36,37,46);(H,6,7)/t20-,21-,22+,25+,26-,27-,30-;/m1./s1. The number of amides is 2. The summed E-state index contributed by atoms with van der Waals surface area (Å²) in [4.78, 5) is 37.9. The highest BCUT2D eigenvalue weighted by Gasteiger charge is 2.47. The number of carboxylic acids is 1. The van der Waals surface area contributed by atoms with Crippen LogP contribution < -0.4 is 26.2 Å². The zero-order chi connectivity index (χ0) is 39.3. The number of hydrogen-bond donors (Lipinski definition) is 8. The molecule has 3 saturated heterocycles. The van der Waals surface area contributed by atoms with E-state index in [1.54, 1.807) is 10.6 Å². The van der Waals surface area contributed by atoms with Crippen molar-refractivity contribution in [2.45, 2.75) is 81.4 Å². The molecule has 3 aromatic heterocycles. The number of benzene rings is 1. The van der Waals surface area contributed by atoms with Gasteiger partial charge in [0.25, 0.3) is 0 Å². The Morgan fingerprint density at radius 2 is 1.84 bits per heavy atom. The molecule has 2 amide bonds. The minimum Gasteiger partial charge on any atom is -0.475 e. The van der Waals surface area contributed by atoms with E-state index >= 15 is 0 Å². The monoisotopic (exact) mass is 776 g/mol. The van der Waals surface area contributed by atoms with Crippen LogP contribution in [0.3, 0.4) is 0 Å². The molecule has 3 aliphatic heterocycles. The summed E-state index contributed by atoms with van der Waals surface area (Å²) < 4.78 is 44.9. The molecule has 3 aliphatic rings. The van der Waals surface area contributed by atoms with Gasteiger partial charge in [0, 0.05) is 37.8 Å². The molecule has 7 rings (SSSR count). The number of nitrogens with one attached hydrogen (secondary N) is 4. The first-order valence-electron chi connectivity index (χ1n) is 17.8. The molecule has 0 saturated carbocycles. The Bertz CT molecular complexity index is 1910. The summed E-state index contributed by atoms with van der Waals surface area (Å²) in [5.41, 5.74) is 2.53. The molecule has 8 N–H and O–H groups in total. The average Bonchev–Trinajstić information content (AvgIpc) is 4.01. The molecule has 0 unspecified atom stereocenters. The molecule has 4 aromatic rings. The molecule has 1 aromatic carbocycles. The second-order valence-corrected chi connectivity index (χ2v) is 13.5. The van der Waals surface area contributed by atoms with Crippen molar-refractivity contribution in [3.05, 3.63) is 59.7 Å². The summed E-state index contributed by atoms with van der Waals surface area (Å²) in [5, 5.41) is 56.3. The van der Waals surface area contributed by atoms with Crippen LogP contribution in [0.25, 0.3) is 11.2 Å². The molecule has 7 atom stereocenters. The SMILES string of the molecule is CCc1cc([C@H]2O[C@@H](n3cnc4c(N[C@H](CO)Cc5ccccc5)nc(N5CC[C@@H](NC(=O)N[C@@H]6CCNC6)C5)nc43)[C@H](O)[C@@H]2O)on1.O=C(O)C(F)(F)F. The first-order chi connectivity index (χ1) is 26.3. The van der Waals surface area contributed by atoms with Crippen LogP contribution in [0.4, 0.5) is 29.7 Å². The number of aliphatic hydroxyl groups is 3. The Kier molecular flexibility index (Phi) is 12.3. The lowest BCUT2D eigenvalue weighted by atomic mass is 10.1. The van der Waals surface area contributed by atoms with Gasteiger partial charge in [0.05, 0.1) is 24.7 Å². The van der Waals surface area contributed by atoms with Crippen LogP contribution in [0.2, 0.25) is 0 Å². The molecular weight excluding hydrogens is 733 g/mol. The van der Waals surface area contributed by atoms with Gasteiger partial charge in [-0.05, 0) is 37.8 Å². The third-order valence-corrected chi connectivity index (χ3v) is 9.47. The fraction of sp³-hybridized carbons (Fsp3) is 0.529. The Balaban J connectivity index is 0.000000672. The number of carbonyl (C=O) groups is 2. The molecule has 18 nitrogen and oxygen atoms in total. The van der Waals surface area contributed by atoms with Crippen LogP contribution in [0, 0.1) is 0 Å². The van der Waals surface area contributed by atoms with Gasteiger partial charge in [0.1, 0.15) is 18.3 Å². The molecular formula is C34H43F3N10O8. The highest BCUT2D eigenvalue weighted by Crippen LogP contribution is 2.40. The van der Waals surface area contributed by atoms with E-state index in [0.29, 0.717) is 66.7 Å². The fourth-order valence-corrected chi connectivity index (χ4v) is 6.59. The van der Waals surface area contributed by atoms with Crippen molar-refractivity contribution < 1.29 is 52.4 Å². The minimum absolute atomic E-state index is 0.113. The van der Waals surface area contributed by atoms with E-state index in [-0.39, 0.29) is 30.8 Å². The number of carbonyl (C=O) groups excluding carboxylic acids is 1. The number of halogens is 3. The number of anilines is 2. The molecule has 3 fully saturated rings. The maximum Gasteiger partial charge on any atom is 0.490 e. The van der Waals surface area contributed by atoms with E-state index in [0.717, 1.165) is 25.1 Å². The topological polar surface area (TPSA) is 245 Å². The summed E-state index contributed by atoms with van der Waals surface area (Å²) in [6.07, 6.45) is -5.41. The van der Waals surface area contributed by atoms with Crippen LogP contribution in [0.1, 0.15) is 49.1 Å². The first kappa shape index (κ1) is 39.6. The molecule has 0 bridgehead atoms. The summed E-state index contributed by atoms with van der Waals surface area (Å²) in [6, 6.07) is 11.0. The Hall–Kier alpha value is -5.09. The average molecular weight is 777 g/mol. The van der Waals surface area contributed by atoms with Crippen molar-refractivity contribution in [3.8, 4) is 0 Å². The van der Waals surface area contributed by atoms with Crippen LogP contribution in [-0.4, -0.2) is 126 Å². The van der Waals surface area contributed by atoms with Gasteiger partial charge in [-0.2, -0.15) is 23.1 Å². The number of nitrogens with zero attached hydrogens (tertiary/aromatic N) is 6. The van der Waals surface area contributed by atoms with Gasteiger partial charge in [0.2, 0.25) is 5.95 Å². The number of carboxylic acid groups (broad SMARTS) is 1. The maximum atomic E-state index is 12.7. The lowest BCUT2D eigenvalue weighted by Gasteiger charge is -2.22. The van der Waals surface area contributed by atoms with Crippen molar-refractivity contribution in [1.82, 2.24) is 40.6 Å². The number of fused-ring (bicyclic) bond motifs is 1.